The van der Waals surface area contributed by atoms with Crippen LogP contribution in [0.2, 0.25) is 0 Å². The van der Waals surface area contributed by atoms with Gasteiger partial charge in [0.25, 0.3) is 0 Å². The molecule has 0 aromatic heterocycles. The molecular formula is C9H9BrN2. The van der Waals surface area contributed by atoms with Crippen LogP contribution in [0.25, 0.3) is 0 Å². The van der Waals surface area contributed by atoms with E-state index in [9.17, 15) is 0 Å². The quantitative estimate of drug-likeness (QED) is 0.795. The van der Waals surface area contributed by atoms with E-state index >= 15 is 0 Å². The van der Waals surface area contributed by atoms with Crippen molar-refractivity contribution in [3.05, 3.63) is 33.3 Å². The highest BCUT2D eigenvalue weighted by Gasteiger charge is 2.03. The number of rotatable bonds is 1. The molecule has 12 heavy (non-hydrogen) atoms. The summed E-state index contributed by atoms with van der Waals surface area (Å²) < 4.78 is 1.00. The minimum atomic E-state index is 0.455. The van der Waals surface area contributed by atoms with Gasteiger partial charge in [-0.25, -0.2) is 0 Å². The monoisotopic (exact) mass is 224 g/mol. The molecule has 1 aromatic carbocycles. The van der Waals surface area contributed by atoms with Gasteiger partial charge in [0.05, 0.1) is 11.6 Å². The molecule has 0 radical (unpaired) electrons. The van der Waals surface area contributed by atoms with E-state index in [1.165, 1.54) is 0 Å². The van der Waals surface area contributed by atoms with Crippen molar-refractivity contribution in [1.29, 1.82) is 5.26 Å². The van der Waals surface area contributed by atoms with Crippen LogP contribution in [0, 0.1) is 18.3 Å². The van der Waals surface area contributed by atoms with E-state index in [2.05, 4.69) is 22.0 Å². The van der Waals surface area contributed by atoms with E-state index in [0.29, 0.717) is 12.1 Å². The lowest BCUT2D eigenvalue weighted by Gasteiger charge is -2.04. The molecule has 0 unspecified atom stereocenters. The summed E-state index contributed by atoms with van der Waals surface area (Å²) in [4.78, 5) is 0. The molecule has 1 rings (SSSR count). The van der Waals surface area contributed by atoms with Gasteiger partial charge in [0, 0.05) is 11.0 Å². The summed E-state index contributed by atoms with van der Waals surface area (Å²) in [6.45, 7) is 2.40. The summed E-state index contributed by atoms with van der Waals surface area (Å²) in [7, 11) is 0. The van der Waals surface area contributed by atoms with Crippen molar-refractivity contribution in [3.8, 4) is 6.07 Å². The molecule has 0 spiro atoms. The largest absolute Gasteiger partial charge is 0.326 e. The molecule has 0 heterocycles. The van der Waals surface area contributed by atoms with Crippen LogP contribution in [0.4, 0.5) is 0 Å². The highest BCUT2D eigenvalue weighted by molar-refractivity contribution is 9.10. The van der Waals surface area contributed by atoms with Gasteiger partial charge in [0.15, 0.2) is 0 Å². The molecule has 0 bridgehead atoms. The zero-order valence-electron chi connectivity index (χ0n) is 6.76. The predicted molar refractivity (Wildman–Crippen MR) is 51.5 cm³/mol. The molecule has 0 fully saturated rings. The third kappa shape index (κ3) is 1.66. The number of nitriles is 1. The predicted octanol–water partition coefficient (Wildman–Crippen LogP) is 2.09. The van der Waals surface area contributed by atoms with Crippen molar-refractivity contribution in [2.45, 2.75) is 13.5 Å². The van der Waals surface area contributed by atoms with E-state index in [1.54, 1.807) is 6.07 Å². The minimum Gasteiger partial charge on any atom is -0.326 e. The van der Waals surface area contributed by atoms with Gasteiger partial charge in [0.1, 0.15) is 0 Å². The molecule has 0 atom stereocenters. The fraction of sp³-hybridized carbons (Fsp3) is 0.222. The SMILES string of the molecule is Cc1cc(C#N)cc(CN)c1Br. The Balaban J connectivity index is 3.31. The lowest BCUT2D eigenvalue weighted by molar-refractivity contribution is 1.05. The van der Waals surface area contributed by atoms with Gasteiger partial charge in [-0.15, -0.1) is 0 Å². The van der Waals surface area contributed by atoms with E-state index in [1.807, 2.05) is 13.0 Å². The summed E-state index contributed by atoms with van der Waals surface area (Å²) in [6.07, 6.45) is 0. The summed E-state index contributed by atoms with van der Waals surface area (Å²) in [5, 5.41) is 8.67. The zero-order chi connectivity index (χ0) is 9.14. The molecular weight excluding hydrogens is 216 g/mol. The Morgan fingerprint density at radius 3 is 2.75 bits per heavy atom. The first-order valence-electron chi connectivity index (χ1n) is 3.58. The fourth-order valence-corrected chi connectivity index (χ4v) is 1.45. The van der Waals surface area contributed by atoms with Crippen molar-refractivity contribution < 1.29 is 0 Å². The first-order valence-corrected chi connectivity index (χ1v) is 4.37. The van der Waals surface area contributed by atoms with Gasteiger partial charge in [-0.05, 0) is 30.2 Å². The van der Waals surface area contributed by atoms with Crippen LogP contribution >= 0.6 is 15.9 Å². The Morgan fingerprint density at radius 2 is 2.25 bits per heavy atom. The lowest BCUT2D eigenvalue weighted by Crippen LogP contribution is -1.99. The zero-order valence-corrected chi connectivity index (χ0v) is 8.35. The Kier molecular flexibility index (Phi) is 2.85. The number of hydrogen-bond acceptors (Lipinski definition) is 2. The average Bonchev–Trinajstić information content (AvgIpc) is 2.09. The van der Waals surface area contributed by atoms with Gasteiger partial charge >= 0.3 is 0 Å². The van der Waals surface area contributed by atoms with Crippen LogP contribution in [0.15, 0.2) is 16.6 Å². The molecule has 0 amide bonds. The Morgan fingerprint density at radius 1 is 1.58 bits per heavy atom. The Bertz CT molecular complexity index is 339. The number of benzene rings is 1. The van der Waals surface area contributed by atoms with E-state index in [0.717, 1.165) is 15.6 Å². The number of nitrogens with two attached hydrogens (primary N) is 1. The van der Waals surface area contributed by atoms with Gasteiger partial charge in [0.2, 0.25) is 0 Å². The highest BCUT2D eigenvalue weighted by atomic mass is 79.9. The van der Waals surface area contributed by atoms with Crippen molar-refractivity contribution in [2.24, 2.45) is 5.73 Å². The van der Waals surface area contributed by atoms with Crippen molar-refractivity contribution >= 4 is 15.9 Å². The van der Waals surface area contributed by atoms with E-state index in [-0.39, 0.29) is 0 Å². The first-order chi connectivity index (χ1) is 5.69. The summed E-state index contributed by atoms with van der Waals surface area (Å²) >= 11 is 3.41. The Labute approximate surface area is 80.1 Å². The summed E-state index contributed by atoms with van der Waals surface area (Å²) in [6, 6.07) is 5.73. The first kappa shape index (κ1) is 9.24. The number of hydrogen-bond donors (Lipinski definition) is 1. The molecule has 0 saturated carbocycles. The average molecular weight is 225 g/mol. The normalized spacial score (nSPS) is 9.50. The third-order valence-electron chi connectivity index (χ3n) is 1.68. The fourth-order valence-electron chi connectivity index (χ4n) is 1.06. The molecule has 3 heteroatoms. The smallest absolute Gasteiger partial charge is 0.0991 e. The summed E-state index contributed by atoms with van der Waals surface area (Å²) in [5.74, 6) is 0. The second kappa shape index (κ2) is 3.70. The number of nitrogens with zero attached hydrogens (tertiary/aromatic N) is 1. The van der Waals surface area contributed by atoms with E-state index < -0.39 is 0 Å². The lowest BCUT2D eigenvalue weighted by atomic mass is 10.1. The van der Waals surface area contributed by atoms with Crippen molar-refractivity contribution in [3.63, 3.8) is 0 Å². The maximum Gasteiger partial charge on any atom is 0.0991 e. The van der Waals surface area contributed by atoms with Crippen LogP contribution in [-0.2, 0) is 6.54 Å². The van der Waals surface area contributed by atoms with Gasteiger partial charge in [-0.3, -0.25) is 0 Å². The standard InChI is InChI=1S/C9H9BrN2/c1-6-2-7(4-11)3-8(5-12)9(6)10/h2-3H,5,12H2,1H3. The van der Waals surface area contributed by atoms with Crippen LogP contribution in [0.1, 0.15) is 16.7 Å². The molecule has 0 aliphatic rings. The van der Waals surface area contributed by atoms with Crippen LogP contribution in [0.3, 0.4) is 0 Å². The van der Waals surface area contributed by atoms with Crippen molar-refractivity contribution in [1.82, 2.24) is 0 Å². The second-order valence-corrected chi connectivity index (χ2v) is 3.38. The van der Waals surface area contributed by atoms with Gasteiger partial charge < -0.3 is 5.73 Å². The molecule has 0 aliphatic carbocycles. The van der Waals surface area contributed by atoms with Crippen LogP contribution in [0.5, 0.6) is 0 Å². The molecule has 1 aromatic rings. The maximum absolute atomic E-state index is 8.67. The maximum atomic E-state index is 8.67. The van der Waals surface area contributed by atoms with Crippen LogP contribution in [-0.4, -0.2) is 0 Å². The highest BCUT2D eigenvalue weighted by Crippen LogP contribution is 2.22. The third-order valence-corrected chi connectivity index (χ3v) is 2.81. The molecule has 0 saturated heterocycles. The summed E-state index contributed by atoms with van der Waals surface area (Å²) in [5.41, 5.74) is 8.20. The topological polar surface area (TPSA) is 49.8 Å². The number of halogens is 1. The molecule has 0 aliphatic heterocycles. The molecule has 2 nitrogen and oxygen atoms in total. The second-order valence-electron chi connectivity index (χ2n) is 2.58. The molecule has 2 N–H and O–H groups in total. The number of aryl methyl sites for hydroxylation is 1. The van der Waals surface area contributed by atoms with Gasteiger partial charge in [-0.1, -0.05) is 15.9 Å². The van der Waals surface area contributed by atoms with Crippen LogP contribution < -0.4 is 5.73 Å². The molecule has 62 valence electrons. The van der Waals surface area contributed by atoms with E-state index in [4.69, 9.17) is 11.0 Å². The van der Waals surface area contributed by atoms with Gasteiger partial charge in [-0.2, -0.15) is 5.26 Å². The minimum absolute atomic E-state index is 0.455. The van der Waals surface area contributed by atoms with Crippen molar-refractivity contribution in [2.75, 3.05) is 0 Å². The Hall–Kier alpha value is -0.850.